The van der Waals surface area contributed by atoms with Crippen LogP contribution >= 0.6 is 0 Å². The molecule has 0 saturated carbocycles. The van der Waals surface area contributed by atoms with Gasteiger partial charge in [0.05, 0.1) is 25.4 Å². The van der Waals surface area contributed by atoms with Crippen molar-refractivity contribution >= 4 is 11.9 Å². The zero-order valence-corrected chi connectivity index (χ0v) is 51.0. The van der Waals surface area contributed by atoms with E-state index in [4.69, 9.17) is 4.74 Å². The molecular formula is C70H131NO5. The van der Waals surface area contributed by atoms with Crippen molar-refractivity contribution in [3.63, 3.8) is 0 Å². The van der Waals surface area contributed by atoms with Crippen molar-refractivity contribution < 1.29 is 24.5 Å². The highest BCUT2D eigenvalue weighted by molar-refractivity contribution is 5.76. The fourth-order valence-corrected chi connectivity index (χ4v) is 10.4. The van der Waals surface area contributed by atoms with E-state index in [2.05, 4.69) is 55.6 Å². The lowest BCUT2D eigenvalue weighted by molar-refractivity contribution is -0.143. The lowest BCUT2D eigenvalue weighted by Crippen LogP contribution is -2.45. The molecule has 0 saturated heterocycles. The summed E-state index contributed by atoms with van der Waals surface area (Å²) in [5, 5.41) is 23.1. The molecule has 0 spiro atoms. The van der Waals surface area contributed by atoms with Crippen LogP contribution in [0.15, 0.2) is 48.6 Å². The molecule has 446 valence electrons. The van der Waals surface area contributed by atoms with Crippen LogP contribution in [0.5, 0.6) is 0 Å². The lowest BCUT2D eigenvalue weighted by atomic mass is 10.0. The third-order valence-corrected chi connectivity index (χ3v) is 15.6. The number of aliphatic hydroxyl groups excluding tert-OH is 2. The quantitative estimate of drug-likeness (QED) is 0.0320. The molecule has 76 heavy (non-hydrogen) atoms. The molecule has 2 unspecified atom stereocenters. The van der Waals surface area contributed by atoms with Gasteiger partial charge in [-0.05, 0) is 89.9 Å². The minimum Gasteiger partial charge on any atom is -0.466 e. The van der Waals surface area contributed by atoms with Gasteiger partial charge in [0.25, 0.3) is 0 Å². The van der Waals surface area contributed by atoms with Crippen LogP contribution in [0.25, 0.3) is 0 Å². The molecule has 0 aliphatic heterocycles. The molecule has 1 amide bonds. The van der Waals surface area contributed by atoms with E-state index in [0.29, 0.717) is 19.4 Å². The van der Waals surface area contributed by atoms with Gasteiger partial charge in [-0.15, -0.1) is 0 Å². The average molecular weight is 1070 g/mol. The number of nitrogens with one attached hydrogen (secondary N) is 1. The van der Waals surface area contributed by atoms with Gasteiger partial charge in [0.15, 0.2) is 0 Å². The number of amides is 1. The summed E-state index contributed by atoms with van der Waals surface area (Å²) >= 11 is 0. The first-order valence-electron chi connectivity index (χ1n) is 33.9. The van der Waals surface area contributed by atoms with Crippen LogP contribution in [-0.4, -0.2) is 47.4 Å². The fourth-order valence-electron chi connectivity index (χ4n) is 10.4. The molecule has 0 aliphatic carbocycles. The molecule has 0 fully saturated rings. The van der Waals surface area contributed by atoms with E-state index in [1.807, 2.05) is 6.08 Å². The second kappa shape index (κ2) is 65.3. The summed E-state index contributed by atoms with van der Waals surface area (Å²) in [6.45, 7) is 4.91. The molecule has 0 aromatic rings. The van der Waals surface area contributed by atoms with Crippen LogP contribution in [0.3, 0.4) is 0 Å². The average Bonchev–Trinajstić information content (AvgIpc) is 3.42. The first-order chi connectivity index (χ1) is 37.5. The highest BCUT2D eigenvalue weighted by Gasteiger charge is 2.18. The summed E-state index contributed by atoms with van der Waals surface area (Å²) in [6.07, 6.45) is 84.6. The van der Waals surface area contributed by atoms with Crippen molar-refractivity contribution in [1.82, 2.24) is 5.32 Å². The standard InChI is InChI=1S/C70H131NO5/c1-3-5-7-9-11-13-15-17-19-31-36-40-44-48-52-56-60-64-70(75)76-65-61-57-53-49-45-41-37-33-30-28-26-24-22-20-21-23-25-27-29-32-35-39-43-47-51-55-59-63-69(74)71-67(66-72)68(73)62-58-54-50-46-42-38-34-18-16-14-12-10-8-6-4-2/h17,19-21,24,26,58,62,67-68,72-73H,3-16,18,22-23,25,27-57,59-61,63-66H2,1-2H3,(H,71,74)/b19-17-,21-20-,26-24-,62-58+. The SMILES string of the molecule is CCCCCCCC/C=C\CCCCCCCCCC(=O)OCCCCCCCCCCC/C=C\C/C=C\CCCCCCCCCCCCCC(=O)NC(CO)C(O)/C=C/CCCCCCCCCCCCCCC. The summed E-state index contributed by atoms with van der Waals surface area (Å²) in [6, 6.07) is -0.631. The van der Waals surface area contributed by atoms with Crippen LogP contribution in [-0.2, 0) is 14.3 Å². The van der Waals surface area contributed by atoms with Crippen molar-refractivity contribution in [3.05, 3.63) is 48.6 Å². The molecule has 0 aromatic carbocycles. The molecule has 3 N–H and O–H groups in total. The summed E-state index contributed by atoms with van der Waals surface area (Å²) in [5.41, 5.74) is 0. The number of rotatable bonds is 63. The van der Waals surface area contributed by atoms with Gasteiger partial charge in [-0.25, -0.2) is 0 Å². The predicted molar refractivity (Wildman–Crippen MR) is 333 cm³/mol. The van der Waals surface area contributed by atoms with E-state index in [0.717, 1.165) is 51.4 Å². The van der Waals surface area contributed by atoms with Gasteiger partial charge in [-0.3, -0.25) is 9.59 Å². The molecule has 0 heterocycles. The molecule has 0 aliphatic rings. The van der Waals surface area contributed by atoms with E-state index >= 15 is 0 Å². The molecule has 0 rings (SSSR count). The summed E-state index contributed by atoms with van der Waals surface area (Å²) in [4.78, 5) is 24.6. The van der Waals surface area contributed by atoms with Crippen molar-refractivity contribution in [2.24, 2.45) is 0 Å². The van der Waals surface area contributed by atoms with Crippen LogP contribution in [0.2, 0.25) is 0 Å². The highest BCUT2D eigenvalue weighted by atomic mass is 16.5. The van der Waals surface area contributed by atoms with Gasteiger partial charge in [0.1, 0.15) is 0 Å². The van der Waals surface area contributed by atoms with Crippen molar-refractivity contribution in [2.75, 3.05) is 13.2 Å². The molecule has 0 bridgehead atoms. The van der Waals surface area contributed by atoms with Crippen molar-refractivity contribution in [2.45, 2.75) is 373 Å². The topological polar surface area (TPSA) is 95.9 Å². The van der Waals surface area contributed by atoms with E-state index in [1.54, 1.807) is 6.08 Å². The zero-order chi connectivity index (χ0) is 55.0. The monoisotopic (exact) mass is 1070 g/mol. The Morgan fingerprint density at radius 2 is 0.658 bits per heavy atom. The maximum atomic E-state index is 12.5. The Hall–Kier alpha value is -2.18. The van der Waals surface area contributed by atoms with E-state index in [1.165, 1.54) is 283 Å². The highest BCUT2D eigenvalue weighted by Crippen LogP contribution is 2.17. The number of aliphatic hydroxyl groups is 2. The van der Waals surface area contributed by atoms with E-state index in [9.17, 15) is 19.8 Å². The maximum absolute atomic E-state index is 12.5. The Morgan fingerprint density at radius 3 is 1.01 bits per heavy atom. The van der Waals surface area contributed by atoms with Gasteiger partial charge in [-0.2, -0.15) is 0 Å². The smallest absolute Gasteiger partial charge is 0.305 e. The Morgan fingerprint density at radius 1 is 0.368 bits per heavy atom. The van der Waals surface area contributed by atoms with Gasteiger partial charge >= 0.3 is 5.97 Å². The minimum absolute atomic E-state index is 0.00692. The number of ether oxygens (including phenoxy) is 1. The Kier molecular flexibility index (Phi) is 63.5. The van der Waals surface area contributed by atoms with E-state index in [-0.39, 0.29) is 18.5 Å². The predicted octanol–water partition coefficient (Wildman–Crippen LogP) is 21.7. The first-order valence-corrected chi connectivity index (χ1v) is 33.9. The van der Waals surface area contributed by atoms with Gasteiger partial charge in [0.2, 0.25) is 5.91 Å². The lowest BCUT2D eigenvalue weighted by Gasteiger charge is -2.20. The molecule has 6 nitrogen and oxygen atoms in total. The van der Waals surface area contributed by atoms with E-state index < -0.39 is 12.1 Å². The number of esters is 1. The zero-order valence-electron chi connectivity index (χ0n) is 51.0. The Bertz CT molecular complexity index is 1270. The number of allylic oxidation sites excluding steroid dienone is 7. The second-order valence-corrected chi connectivity index (χ2v) is 23.1. The third-order valence-electron chi connectivity index (χ3n) is 15.6. The van der Waals surface area contributed by atoms with Crippen molar-refractivity contribution in [3.8, 4) is 0 Å². The molecular weight excluding hydrogens is 935 g/mol. The van der Waals surface area contributed by atoms with Crippen LogP contribution in [0, 0.1) is 0 Å². The Balaban J connectivity index is 3.43. The number of carbonyl (C=O) groups is 2. The van der Waals surface area contributed by atoms with Crippen LogP contribution in [0.4, 0.5) is 0 Å². The summed E-state index contributed by atoms with van der Waals surface area (Å²) < 4.78 is 5.49. The molecule has 2 atom stereocenters. The molecule has 6 heteroatoms. The Labute approximate surface area is 474 Å². The van der Waals surface area contributed by atoms with Crippen molar-refractivity contribution in [1.29, 1.82) is 0 Å². The number of hydrogen-bond acceptors (Lipinski definition) is 5. The maximum Gasteiger partial charge on any atom is 0.305 e. The molecule has 0 aromatic heterocycles. The normalized spacial score (nSPS) is 12.8. The number of hydrogen-bond donors (Lipinski definition) is 3. The third kappa shape index (κ3) is 61.0. The number of carbonyl (C=O) groups excluding carboxylic acids is 2. The first kappa shape index (κ1) is 73.8. The fraction of sp³-hybridized carbons (Fsp3) is 0.857. The summed E-state index contributed by atoms with van der Waals surface area (Å²) in [5.74, 6) is -0.0631. The van der Waals surface area contributed by atoms with Gasteiger partial charge < -0.3 is 20.3 Å². The van der Waals surface area contributed by atoms with Crippen LogP contribution < -0.4 is 5.32 Å². The number of unbranched alkanes of at least 4 members (excludes halogenated alkanes) is 46. The largest absolute Gasteiger partial charge is 0.466 e. The van der Waals surface area contributed by atoms with Crippen LogP contribution in [0.1, 0.15) is 361 Å². The molecule has 0 radical (unpaired) electrons. The second-order valence-electron chi connectivity index (χ2n) is 23.1. The van der Waals surface area contributed by atoms with Gasteiger partial charge in [0, 0.05) is 12.8 Å². The summed E-state index contributed by atoms with van der Waals surface area (Å²) in [7, 11) is 0. The minimum atomic E-state index is -0.847. The van der Waals surface area contributed by atoms with Gasteiger partial charge in [-0.1, -0.05) is 306 Å².